The first-order valence-electron chi connectivity index (χ1n) is 10.7. The van der Waals surface area contributed by atoms with Gasteiger partial charge in [-0.1, -0.05) is 0 Å². The van der Waals surface area contributed by atoms with Gasteiger partial charge in [0.25, 0.3) is 0 Å². The van der Waals surface area contributed by atoms with Crippen LogP contribution in [0.5, 0.6) is 5.75 Å². The fourth-order valence-corrected chi connectivity index (χ4v) is 4.22. The molecule has 1 atom stereocenters. The number of anilines is 1. The van der Waals surface area contributed by atoms with E-state index in [2.05, 4.69) is 15.2 Å². The molecular weight excluding hydrogens is 402 g/mol. The highest BCUT2D eigenvalue weighted by Gasteiger charge is 2.41. The fraction of sp³-hybridized carbons (Fsp3) is 0.545. The maximum Gasteiger partial charge on any atom is 0.356 e. The number of carbonyl (C=O) groups is 2. The van der Waals surface area contributed by atoms with Gasteiger partial charge in [-0.25, -0.2) is 4.79 Å². The minimum absolute atomic E-state index is 0.196. The van der Waals surface area contributed by atoms with E-state index >= 15 is 0 Å². The number of aromatic amines is 1. The SMILES string of the molecule is CCOC(=O)c1[nH]c2ccc(OC)cc2c1NC(=O)[C@@H](C)N1CCC2(CC1)OCCO2. The second-order valence-corrected chi connectivity index (χ2v) is 7.82. The monoisotopic (exact) mass is 431 g/mol. The Morgan fingerprint density at radius 1 is 1.26 bits per heavy atom. The van der Waals surface area contributed by atoms with Crippen molar-refractivity contribution in [3.05, 3.63) is 23.9 Å². The number of methoxy groups -OCH3 is 1. The lowest BCUT2D eigenvalue weighted by molar-refractivity contribution is -0.187. The Morgan fingerprint density at radius 3 is 2.61 bits per heavy atom. The van der Waals surface area contributed by atoms with Crippen molar-refractivity contribution in [3.8, 4) is 5.75 Å². The van der Waals surface area contributed by atoms with Gasteiger partial charge in [0, 0.05) is 36.8 Å². The molecule has 1 amide bonds. The molecule has 9 nitrogen and oxygen atoms in total. The van der Waals surface area contributed by atoms with Crippen LogP contribution in [0.4, 0.5) is 5.69 Å². The highest BCUT2D eigenvalue weighted by atomic mass is 16.7. The number of benzene rings is 1. The molecule has 2 aliphatic rings. The van der Waals surface area contributed by atoms with E-state index in [1.54, 1.807) is 26.2 Å². The van der Waals surface area contributed by atoms with Gasteiger partial charge in [0.2, 0.25) is 5.91 Å². The van der Waals surface area contributed by atoms with Crippen molar-refractivity contribution >= 4 is 28.5 Å². The third-order valence-electron chi connectivity index (χ3n) is 6.03. The number of piperidine rings is 1. The van der Waals surface area contributed by atoms with Crippen LogP contribution in [-0.4, -0.2) is 73.6 Å². The number of likely N-dealkylation sites (tertiary alicyclic amines) is 1. The second-order valence-electron chi connectivity index (χ2n) is 7.82. The smallest absolute Gasteiger partial charge is 0.356 e. The molecule has 0 radical (unpaired) electrons. The van der Waals surface area contributed by atoms with Crippen molar-refractivity contribution < 1.29 is 28.5 Å². The number of hydrogen-bond donors (Lipinski definition) is 2. The van der Waals surface area contributed by atoms with Gasteiger partial charge in [-0.05, 0) is 32.0 Å². The first-order chi connectivity index (χ1) is 15.0. The summed E-state index contributed by atoms with van der Waals surface area (Å²) in [7, 11) is 1.57. The molecule has 0 saturated carbocycles. The molecule has 2 saturated heterocycles. The van der Waals surface area contributed by atoms with Crippen LogP contribution in [0.15, 0.2) is 18.2 Å². The van der Waals surface area contributed by atoms with Gasteiger partial charge in [0.15, 0.2) is 5.79 Å². The molecule has 0 aliphatic carbocycles. The molecule has 4 rings (SSSR count). The van der Waals surface area contributed by atoms with Crippen LogP contribution in [0.2, 0.25) is 0 Å². The molecule has 2 N–H and O–H groups in total. The molecule has 2 aromatic rings. The zero-order valence-corrected chi connectivity index (χ0v) is 18.2. The lowest BCUT2D eigenvalue weighted by Crippen LogP contribution is -2.51. The van der Waals surface area contributed by atoms with Gasteiger partial charge in [-0.3, -0.25) is 9.69 Å². The van der Waals surface area contributed by atoms with Gasteiger partial charge in [-0.2, -0.15) is 0 Å². The van der Waals surface area contributed by atoms with Crippen molar-refractivity contribution in [2.45, 2.75) is 38.5 Å². The molecule has 1 spiro atoms. The standard InChI is InChI=1S/C22H29N3O6/c1-4-29-21(27)19-18(16-13-15(28-3)5-6-17(16)23-19)24-20(26)14(2)25-9-7-22(8-10-25)30-11-12-31-22/h5-6,13-14,23H,4,7-12H2,1-3H3,(H,24,26)/t14-/m1/s1. The van der Waals surface area contributed by atoms with Crippen molar-refractivity contribution in [2.75, 3.05) is 45.3 Å². The third kappa shape index (κ3) is 4.26. The number of aromatic nitrogens is 1. The van der Waals surface area contributed by atoms with Crippen molar-refractivity contribution in [1.29, 1.82) is 0 Å². The molecule has 2 fully saturated rings. The number of esters is 1. The Kier molecular flexibility index (Phi) is 6.17. The average Bonchev–Trinajstić information content (AvgIpc) is 3.38. The highest BCUT2D eigenvalue weighted by Crippen LogP contribution is 2.34. The van der Waals surface area contributed by atoms with Gasteiger partial charge in [0.1, 0.15) is 11.4 Å². The molecule has 31 heavy (non-hydrogen) atoms. The summed E-state index contributed by atoms with van der Waals surface area (Å²) < 4.78 is 22.0. The Morgan fingerprint density at radius 2 is 1.97 bits per heavy atom. The normalized spacial score (nSPS) is 19.5. The number of H-pyrrole nitrogens is 1. The van der Waals surface area contributed by atoms with E-state index in [1.165, 1.54) is 0 Å². The summed E-state index contributed by atoms with van der Waals surface area (Å²) in [6.07, 6.45) is 1.45. The minimum atomic E-state index is -0.518. The number of fused-ring (bicyclic) bond motifs is 1. The van der Waals surface area contributed by atoms with E-state index in [1.807, 2.05) is 13.0 Å². The number of rotatable bonds is 6. The summed E-state index contributed by atoms with van der Waals surface area (Å²) in [6.45, 7) is 6.48. The Hall–Kier alpha value is -2.62. The fourth-order valence-electron chi connectivity index (χ4n) is 4.22. The molecule has 3 heterocycles. The van der Waals surface area contributed by atoms with Gasteiger partial charge in [-0.15, -0.1) is 0 Å². The number of amides is 1. The molecule has 1 aromatic heterocycles. The van der Waals surface area contributed by atoms with E-state index in [-0.39, 0.29) is 24.2 Å². The van der Waals surface area contributed by atoms with Crippen LogP contribution in [0, 0.1) is 0 Å². The Labute approximate surface area is 181 Å². The van der Waals surface area contributed by atoms with Crippen LogP contribution in [0.3, 0.4) is 0 Å². The zero-order chi connectivity index (χ0) is 22.0. The number of ether oxygens (including phenoxy) is 4. The first-order valence-corrected chi connectivity index (χ1v) is 10.7. The summed E-state index contributed by atoms with van der Waals surface area (Å²) in [5.41, 5.74) is 1.33. The molecule has 168 valence electrons. The number of nitrogens with one attached hydrogen (secondary N) is 2. The van der Waals surface area contributed by atoms with Crippen LogP contribution in [0.25, 0.3) is 10.9 Å². The van der Waals surface area contributed by atoms with Crippen LogP contribution in [-0.2, 0) is 19.0 Å². The van der Waals surface area contributed by atoms with Crippen LogP contribution >= 0.6 is 0 Å². The molecule has 0 bridgehead atoms. The van der Waals surface area contributed by atoms with Crippen LogP contribution in [0.1, 0.15) is 37.2 Å². The number of hydrogen-bond acceptors (Lipinski definition) is 7. The van der Waals surface area contributed by atoms with Gasteiger partial charge < -0.3 is 29.2 Å². The summed E-state index contributed by atoms with van der Waals surface area (Å²) >= 11 is 0. The molecular formula is C22H29N3O6. The zero-order valence-electron chi connectivity index (χ0n) is 18.2. The summed E-state index contributed by atoms with van der Waals surface area (Å²) in [5.74, 6) is -0.574. The molecule has 9 heteroatoms. The number of nitrogens with zero attached hydrogens (tertiary/aromatic N) is 1. The van der Waals surface area contributed by atoms with Gasteiger partial charge in [0.05, 0.1) is 38.7 Å². The highest BCUT2D eigenvalue weighted by molar-refractivity contribution is 6.12. The maximum atomic E-state index is 13.1. The summed E-state index contributed by atoms with van der Waals surface area (Å²) in [6, 6.07) is 5.00. The largest absolute Gasteiger partial charge is 0.497 e. The first kappa shape index (κ1) is 21.6. The topological polar surface area (TPSA) is 102 Å². The van der Waals surface area contributed by atoms with Crippen LogP contribution < -0.4 is 10.1 Å². The van der Waals surface area contributed by atoms with E-state index in [0.717, 1.165) is 12.8 Å². The third-order valence-corrected chi connectivity index (χ3v) is 6.03. The van der Waals surface area contributed by atoms with Crippen molar-refractivity contribution in [3.63, 3.8) is 0 Å². The van der Waals surface area contributed by atoms with E-state index < -0.39 is 11.8 Å². The lowest BCUT2D eigenvalue weighted by Gasteiger charge is -2.39. The summed E-state index contributed by atoms with van der Waals surface area (Å²) in [5, 5.41) is 3.64. The average molecular weight is 431 g/mol. The lowest BCUT2D eigenvalue weighted by atomic mass is 10.0. The maximum absolute atomic E-state index is 13.1. The van der Waals surface area contributed by atoms with E-state index in [4.69, 9.17) is 18.9 Å². The number of carbonyl (C=O) groups excluding carboxylic acids is 2. The molecule has 1 aromatic carbocycles. The summed E-state index contributed by atoms with van der Waals surface area (Å²) in [4.78, 5) is 30.8. The van der Waals surface area contributed by atoms with Gasteiger partial charge >= 0.3 is 5.97 Å². The molecule has 2 aliphatic heterocycles. The predicted molar refractivity (Wildman–Crippen MR) is 114 cm³/mol. The second kappa shape index (κ2) is 8.86. The Balaban J connectivity index is 1.54. The quantitative estimate of drug-likeness (QED) is 0.678. The molecule has 0 unspecified atom stereocenters. The Bertz CT molecular complexity index is 956. The minimum Gasteiger partial charge on any atom is -0.497 e. The van der Waals surface area contributed by atoms with E-state index in [9.17, 15) is 9.59 Å². The van der Waals surface area contributed by atoms with Crippen molar-refractivity contribution in [1.82, 2.24) is 9.88 Å². The van der Waals surface area contributed by atoms with E-state index in [0.29, 0.717) is 48.6 Å². The van der Waals surface area contributed by atoms with Crippen molar-refractivity contribution in [2.24, 2.45) is 0 Å². The predicted octanol–water partition coefficient (Wildman–Crippen LogP) is 2.52.